The number of nitrogens with two attached hydrogens (primary N) is 1. The van der Waals surface area contributed by atoms with Gasteiger partial charge in [-0.05, 0) is 37.6 Å². The molecule has 0 bridgehead atoms. The minimum atomic E-state index is -0.369. The molecule has 1 aromatic carbocycles. The van der Waals surface area contributed by atoms with Gasteiger partial charge in [-0.25, -0.2) is 4.98 Å². The lowest BCUT2D eigenvalue weighted by Crippen LogP contribution is -2.38. The molecule has 2 aromatic heterocycles. The van der Waals surface area contributed by atoms with Crippen molar-refractivity contribution in [3.63, 3.8) is 0 Å². The highest BCUT2D eigenvalue weighted by atomic mass is 16.5. The number of nitrogens with one attached hydrogen (secondary N) is 2. The highest BCUT2D eigenvalue weighted by molar-refractivity contribution is 6.04. The lowest BCUT2D eigenvalue weighted by Gasteiger charge is -2.26. The summed E-state index contributed by atoms with van der Waals surface area (Å²) in [6.07, 6.45) is 0. The number of H-pyrrole nitrogens is 1. The minimum Gasteiger partial charge on any atom is -0.476 e. The van der Waals surface area contributed by atoms with Crippen molar-refractivity contribution in [1.29, 1.82) is 0 Å². The van der Waals surface area contributed by atoms with Crippen molar-refractivity contribution >= 4 is 28.4 Å². The van der Waals surface area contributed by atoms with E-state index in [0.717, 1.165) is 55.0 Å². The Morgan fingerprint density at radius 2 is 2.07 bits per heavy atom. The predicted octanol–water partition coefficient (Wildman–Crippen LogP) is 2.12. The predicted molar refractivity (Wildman–Crippen MR) is 115 cm³/mol. The van der Waals surface area contributed by atoms with E-state index in [4.69, 9.17) is 15.2 Å². The van der Waals surface area contributed by atoms with Crippen LogP contribution in [0.4, 0.5) is 11.6 Å². The summed E-state index contributed by atoms with van der Waals surface area (Å²) >= 11 is 0. The number of hydrogen-bond donors (Lipinski definition) is 3. The molecule has 30 heavy (non-hydrogen) atoms. The standard InChI is InChI=1S/C21H26N6O3/c1-13-14(2)23-17-4-3-15(11-16(13)17)24-20(28)18-12-19(26-21(22)25-18)30-10-7-27-5-8-29-9-6-27/h3-4,11-12,23H,5-10H2,1-2H3,(H,24,28)(H2,22,25,26). The molecular formula is C21H26N6O3. The lowest BCUT2D eigenvalue weighted by atomic mass is 10.1. The highest BCUT2D eigenvalue weighted by Gasteiger charge is 2.14. The molecule has 0 spiro atoms. The molecule has 3 heterocycles. The van der Waals surface area contributed by atoms with E-state index < -0.39 is 0 Å². The molecule has 1 saturated heterocycles. The van der Waals surface area contributed by atoms with E-state index in [0.29, 0.717) is 12.3 Å². The number of ether oxygens (including phenoxy) is 2. The summed E-state index contributed by atoms with van der Waals surface area (Å²) in [4.78, 5) is 26.4. The maximum absolute atomic E-state index is 12.7. The Labute approximate surface area is 174 Å². The maximum Gasteiger partial charge on any atom is 0.274 e. The van der Waals surface area contributed by atoms with Gasteiger partial charge in [-0.15, -0.1) is 0 Å². The van der Waals surface area contributed by atoms with Gasteiger partial charge < -0.3 is 25.5 Å². The Kier molecular flexibility index (Phi) is 5.82. The third-order valence-electron chi connectivity index (χ3n) is 5.28. The lowest BCUT2D eigenvalue weighted by molar-refractivity contribution is 0.0320. The molecule has 9 heteroatoms. The molecule has 0 aliphatic carbocycles. The molecule has 3 aromatic rings. The van der Waals surface area contributed by atoms with Crippen LogP contribution in [0.5, 0.6) is 5.88 Å². The number of carbonyl (C=O) groups is 1. The fourth-order valence-electron chi connectivity index (χ4n) is 3.47. The number of fused-ring (bicyclic) bond motifs is 1. The van der Waals surface area contributed by atoms with Gasteiger partial charge in [0.2, 0.25) is 11.8 Å². The first-order valence-corrected chi connectivity index (χ1v) is 9.97. The van der Waals surface area contributed by atoms with Crippen molar-refractivity contribution in [2.24, 2.45) is 0 Å². The molecular weight excluding hydrogens is 384 g/mol. The number of rotatable bonds is 6. The number of morpholine rings is 1. The Balaban J connectivity index is 1.42. The van der Waals surface area contributed by atoms with Crippen LogP contribution in [-0.2, 0) is 4.74 Å². The van der Waals surface area contributed by atoms with E-state index in [-0.39, 0.29) is 23.4 Å². The Hall–Kier alpha value is -3.17. The first kappa shape index (κ1) is 20.1. The zero-order chi connectivity index (χ0) is 21.1. The Bertz CT molecular complexity index is 1060. The number of carbonyl (C=O) groups excluding carboxylic acids is 1. The van der Waals surface area contributed by atoms with Crippen molar-refractivity contribution in [2.75, 3.05) is 50.5 Å². The van der Waals surface area contributed by atoms with Crippen LogP contribution in [0.2, 0.25) is 0 Å². The van der Waals surface area contributed by atoms with Crippen molar-refractivity contribution in [2.45, 2.75) is 13.8 Å². The molecule has 1 aliphatic heterocycles. The van der Waals surface area contributed by atoms with E-state index in [1.165, 1.54) is 6.07 Å². The van der Waals surface area contributed by atoms with Crippen LogP contribution < -0.4 is 15.8 Å². The van der Waals surface area contributed by atoms with Gasteiger partial charge in [0.15, 0.2) is 0 Å². The second kappa shape index (κ2) is 8.68. The van der Waals surface area contributed by atoms with Gasteiger partial charge in [0.25, 0.3) is 5.91 Å². The van der Waals surface area contributed by atoms with E-state index in [2.05, 4.69) is 25.2 Å². The summed E-state index contributed by atoms with van der Waals surface area (Å²) in [5.74, 6) is -0.0866. The number of nitrogen functional groups attached to an aromatic ring is 1. The second-order valence-electron chi connectivity index (χ2n) is 7.34. The van der Waals surface area contributed by atoms with Gasteiger partial charge in [0, 0.05) is 48.0 Å². The Morgan fingerprint density at radius 1 is 1.27 bits per heavy atom. The van der Waals surface area contributed by atoms with E-state index in [9.17, 15) is 4.79 Å². The van der Waals surface area contributed by atoms with Crippen LogP contribution in [0.3, 0.4) is 0 Å². The molecule has 158 valence electrons. The van der Waals surface area contributed by atoms with Gasteiger partial charge in [-0.1, -0.05) is 0 Å². The SMILES string of the molecule is Cc1[nH]c2ccc(NC(=O)c3cc(OCCN4CCOCC4)nc(N)n3)cc2c1C. The van der Waals surface area contributed by atoms with E-state index >= 15 is 0 Å². The number of aromatic amines is 1. The normalized spacial score (nSPS) is 14.7. The number of anilines is 2. The monoisotopic (exact) mass is 410 g/mol. The summed E-state index contributed by atoms with van der Waals surface area (Å²) < 4.78 is 11.0. The topological polar surface area (TPSA) is 118 Å². The van der Waals surface area contributed by atoms with Gasteiger partial charge in [0.05, 0.1) is 13.2 Å². The van der Waals surface area contributed by atoms with Crippen molar-refractivity contribution in [1.82, 2.24) is 19.9 Å². The van der Waals surface area contributed by atoms with Crippen molar-refractivity contribution in [3.05, 3.63) is 41.2 Å². The molecule has 1 amide bonds. The number of hydrogen-bond acceptors (Lipinski definition) is 7. The molecule has 1 aliphatic rings. The number of nitrogens with zero attached hydrogens (tertiary/aromatic N) is 3. The Morgan fingerprint density at radius 3 is 2.87 bits per heavy atom. The number of aromatic nitrogens is 3. The largest absolute Gasteiger partial charge is 0.476 e. The summed E-state index contributed by atoms with van der Waals surface area (Å²) in [6.45, 7) is 8.51. The van der Waals surface area contributed by atoms with Crippen LogP contribution in [0.1, 0.15) is 21.7 Å². The van der Waals surface area contributed by atoms with Gasteiger partial charge in [0.1, 0.15) is 12.3 Å². The molecule has 1 fully saturated rings. The van der Waals surface area contributed by atoms with Crippen LogP contribution in [0.15, 0.2) is 24.3 Å². The molecule has 0 atom stereocenters. The quantitative estimate of drug-likeness (QED) is 0.569. The van der Waals surface area contributed by atoms with Crippen molar-refractivity contribution in [3.8, 4) is 5.88 Å². The summed E-state index contributed by atoms with van der Waals surface area (Å²) in [6, 6.07) is 7.24. The van der Waals surface area contributed by atoms with E-state index in [1.54, 1.807) is 0 Å². The number of amides is 1. The van der Waals surface area contributed by atoms with Crippen LogP contribution in [-0.4, -0.2) is 65.2 Å². The first-order valence-electron chi connectivity index (χ1n) is 9.97. The first-order chi connectivity index (χ1) is 14.5. The third-order valence-corrected chi connectivity index (χ3v) is 5.28. The van der Waals surface area contributed by atoms with Crippen LogP contribution >= 0.6 is 0 Å². The smallest absolute Gasteiger partial charge is 0.274 e. The molecule has 9 nitrogen and oxygen atoms in total. The maximum atomic E-state index is 12.7. The van der Waals surface area contributed by atoms with Gasteiger partial charge >= 0.3 is 0 Å². The summed E-state index contributed by atoms with van der Waals surface area (Å²) in [5, 5.41) is 3.94. The zero-order valence-electron chi connectivity index (χ0n) is 17.2. The minimum absolute atomic E-state index is 0.00317. The van der Waals surface area contributed by atoms with E-state index in [1.807, 2.05) is 32.0 Å². The van der Waals surface area contributed by atoms with Gasteiger partial charge in [-0.2, -0.15) is 4.98 Å². The number of aryl methyl sites for hydroxylation is 2. The molecule has 4 N–H and O–H groups in total. The molecule has 0 radical (unpaired) electrons. The average Bonchev–Trinajstić information content (AvgIpc) is 3.02. The third kappa shape index (κ3) is 4.52. The number of benzene rings is 1. The van der Waals surface area contributed by atoms with Crippen LogP contribution in [0, 0.1) is 13.8 Å². The zero-order valence-corrected chi connectivity index (χ0v) is 17.2. The second-order valence-corrected chi connectivity index (χ2v) is 7.34. The fraction of sp³-hybridized carbons (Fsp3) is 0.381. The molecule has 0 saturated carbocycles. The van der Waals surface area contributed by atoms with Gasteiger partial charge in [-0.3, -0.25) is 9.69 Å². The summed E-state index contributed by atoms with van der Waals surface area (Å²) in [7, 11) is 0. The highest BCUT2D eigenvalue weighted by Crippen LogP contribution is 2.25. The van der Waals surface area contributed by atoms with Crippen molar-refractivity contribution < 1.29 is 14.3 Å². The summed E-state index contributed by atoms with van der Waals surface area (Å²) in [5.41, 5.74) is 9.92. The fourth-order valence-corrected chi connectivity index (χ4v) is 3.47. The average molecular weight is 410 g/mol. The van der Waals surface area contributed by atoms with Crippen LogP contribution in [0.25, 0.3) is 10.9 Å². The molecule has 0 unspecified atom stereocenters. The molecule has 4 rings (SSSR count).